The summed E-state index contributed by atoms with van der Waals surface area (Å²) in [6.07, 6.45) is 0. The molecule has 0 saturated carbocycles. The summed E-state index contributed by atoms with van der Waals surface area (Å²) in [5, 5.41) is 12.9. The minimum absolute atomic E-state index is 0.246. The van der Waals surface area contributed by atoms with E-state index >= 15 is 0 Å². The van der Waals surface area contributed by atoms with Crippen LogP contribution in [-0.4, -0.2) is 25.4 Å². The summed E-state index contributed by atoms with van der Waals surface area (Å²) >= 11 is 0. The Balaban J connectivity index is 2.12. The Morgan fingerprint density at radius 3 is 2.86 bits per heavy atom. The summed E-state index contributed by atoms with van der Waals surface area (Å²) in [6, 6.07) is 7.70. The molecule has 1 saturated heterocycles. The first-order valence-corrected chi connectivity index (χ1v) is 4.83. The molecule has 0 amide bonds. The molecule has 2 rings (SSSR count). The van der Waals surface area contributed by atoms with Gasteiger partial charge in [0.15, 0.2) is 0 Å². The predicted molar refractivity (Wildman–Crippen MR) is 54.2 cm³/mol. The van der Waals surface area contributed by atoms with E-state index in [1.807, 2.05) is 18.2 Å². The van der Waals surface area contributed by atoms with Crippen molar-refractivity contribution in [2.45, 2.75) is 6.04 Å². The number of benzene rings is 1. The van der Waals surface area contributed by atoms with E-state index in [-0.39, 0.29) is 6.04 Å². The summed E-state index contributed by atoms with van der Waals surface area (Å²) in [4.78, 5) is 0. The van der Waals surface area contributed by atoms with Crippen LogP contribution in [0.15, 0.2) is 24.3 Å². The second-order valence-electron chi connectivity index (χ2n) is 3.66. The Kier molecular flexibility index (Phi) is 2.70. The van der Waals surface area contributed by atoms with Gasteiger partial charge < -0.3 is 15.2 Å². The van der Waals surface area contributed by atoms with E-state index in [0.717, 1.165) is 18.7 Å². The van der Waals surface area contributed by atoms with Crippen molar-refractivity contribution in [1.82, 2.24) is 5.32 Å². The lowest BCUT2D eigenvalue weighted by Gasteiger charge is -2.38. The fraction of sp³-hybridized carbons (Fsp3) is 0.455. The van der Waals surface area contributed by atoms with Crippen molar-refractivity contribution < 1.29 is 9.84 Å². The van der Waals surface area contributed by atoms with Crippen LogP contribution in [0.5, 0.6) is 5.75 Å². The van der Waals surface area contributed by atoms with E-state index in [1.165, 1.54) is 0 Å². The highest BCUT2D eigenvalue weighted by Gasteiger charge is 2.32. The number of phenols is 1. The van der Waals surface area contributed by atoms with E-state index in [4.69, 9.17) is 4.74 Å². The Hall–Kier alpha value is -1.06. The molecule has 0 aliphatic carbocycles. The molecule has 2 N–H and O–H groups in total. The maximum atomic E-state index is 9.65. The number of methoxy groups -OCH3 is 1. The number of para-hydroxylation sites is 1. The molecule has 14 heavy (non-hydrogen) atoms. The highest BCUT2D eigenvalue weighted by Crippen LogP contribution is 2.34. The molecule has 1 fully saturated rings. The van der Waals surface area contributed by atoms with E-state index in [1.54, 1.807) is 13.2 Å². The lowest BCUT2D eigenvalue weighted by Crippen LogP contribution is -2.47. The Bertz CT molecular complexity index is 314. The molecule has 76 valence electrons. The van der Waals surface area contributed by atoms with E-state index in [9.17, 15) is 5.11 Å². The van der Waals surface area contributed by atoms with Gasteiger partial charge in [-0.1, -0.05) is 18.2 Å². The van der Waals surface area contributed by atoms with Crippen LogP contribution in [0.2, 0.25) is 0 Å². The molecule has 0 aromatic heterocycles. The number of hydrogen-bond donors (Lipinski definition) is 2. The topological polar surface area (TPSA) is 41.5 Å². The molecule has 1 aliphatic rings. The van der Waals surface area contributed by atoms with Crippen LogP contribution in [0.4, 0.5) is 0 Å². The third-order valence-corrected chi connectivity index (χ3v) is 2.72. The van der Waals surface area contributed by atoms with E-state index in [0.29, 0.717) is 11.7 Å². The van der Waals surface area contributed by atoms with Crippen molar-refractivity contribution >= 4 is 0 Å². The highest BCUT2D eigenvalue weighted by molar-refractivity contribution is 5.36. The van der Waals surface area contributed by atoms with Crippen LogP contribution in [0.1, 0.15) is 11.6 Å². The molecule has 1 aromatic carbocycles. The van der Waals surface area contributed by atoms with Crippen LogP contribution in [0.3, 0.4) is 0 Å². The number of ether oxygens (including phenoxy) is 1. The van der Waals surface area contributed by atoms with Gasteiger partial charge >= 0.3 is 0 Å². The number of phenolic OH excluding ortho intramolecular Hbond substituents is 1. The van der Waals surface area contributed by atoms with Gasteiger partial charge in [-0.25, -0.2) is 0 Å². The zero-order chi connectivity index (χ0) is 9.97. The first kappa shape index (κ1) is 9.49. The second-order valence-corrected chi connectivity index (χ2v) is 3.66. The van der Waals surface area contributed by atoms with Crippen LogP contribution < -0.4 is 5.32 Å². The number of hydrogen-bond acceptors (Lipinski definition) is 3. The number of aromatic hydroxyl groups is 1. The molecule has 1 heterocycles. The quantitative estimate of drug-likeness (QED) is 0.760. The maximum absolute atomic E-state index is 9.65. The highest BCUT2D eigenvalue weighted by atomic mass is 16.5. The van der Waals surface area contributed by atoms with Crippen molar-refractivity contribution in [1.29, 1.82) is 0 Å². The molecule has 0 spiro atoms. The fourth-order valence-electron chi connectivity index (χ4n) is 1.89. The largest absolute Gasteiger partial charge is 0.508 e. The minimum atomic E-state index is 0.246. The summed E-state index contributed by atoms with van der Waals surface area (Å²) in [6.45, 7) is 1.71. The molecule has 1 aromatic rings. The zero-order valence-electron chi connectivity index (χ0n) is 8.23. The van der Waals surface area contributed by atoms with Gasteiger partial charge in [0.2, 0.25) is 0 Å². The summed E-state index contributed by atoms with van der Waals surface area (Å²) < 4.78 is 5.12. The SMILES string of the molecule is COCC1CNC1c1ccccc1O. The second kappa shape index (κ2) is 3.98. The molecule has 3 heteroatoms. The number of nitrogens with one attached hydrogen (secondary N) is 1. The van der Waals surface area contributed by atoms with Gasteiger partial charge in [0.25, 0.3) is 0 Å². The fourth-order valence-corrected chi connectivity index (χ4v) is 1.89. The van der Waals surface area contributed by atoms with Crippen molar-refractivity contribution in [3.8, 4) is 5.75 Å². The van der Waals surface area contributed by atoms with Crippen molar-refractivity contribution in [2.75, 3.05) is 20.3 Å². The van der Waals surface area contributed by atoms with Crippen LogP contribution in [0, 0.1) is 5.92 Å². The summed E-state index contributed by atoms with van der Waals surface area (Å²) in [7, 11) is 1.71. The summed E-state index contributed by atoms with van der Waals surface area (Å²) in [5.41, 5.74) is 0.973. The number of rotatable bonds is 3. The van der Waals surface area contributed by atoms with Gasteiger partial charge in [-0.3, -0.25) is 0 Å². The van der Waals surface area contributed by atoms with Crippen molar-refractivity contribution in [3.63, 3.8) is 0 Å². The van der Waals surface area contributed by atoms with Gasteiger partial charge in [0.05, 0.1) is 6.61 Å². The van der Waals surface area contributed by atoms with Crippen LogP contribution in [-0.2, 0) is 4.74 Å². The minimum Gasteiger partial charge on any atom is -0.508 e. The average Bonchev–Trinajstić information content (AvgIpc) is 2.16. The van der Waals surface area contributed by atoms with Crippen molar-refractivity contribution in [3.05, 3.63) is 29.8 Å². The van der Waals surface area contributed by atoms with Gasteiger partial charge in [0.1, 0.15) is 5.75 Å². The first-order valence-electron chi connectivity index (χ1n) is 4.83. The third-order valence-electron chi connectivity index (χ3n) is 2.72. The maximum Gasteiger partial charge on any atom is 0.120 e. The van der Waals surface area contributed by atoms with Gasteiger partial charge in [0, 0.05) is 31.2 Å². The Labute approximate surface area is 83.7 Å². The van der Waals surface area contributed by atoms with Crippen LogP contribution >= 0.6 is 0 Å². The lowest BCUT2D eigenvalue weighted by atomic mass is 9.86. The summed E-state index contributed by atoms with van der Waals surface area (Å²) in [5.74, 6) is 0.846. The first-order chi connectivity index (χ1) is 6.83. The molecule has 0 bridgehead atoms. The van der Waals surface area contributed by atoms with Gasteiger partial charge in [-0.05, 0) is 6.07 Å². The van der Waals surface area contributed by atoms with Gasteiger partial charge in [-0.2, -0.15) is 0 Å². The van der Waals surface area contributed by atoms with E-state index < -0.39 is 0 Å². The molecule has 0 radical (unpaired) electrons. The normalized spacial score (nSPS) is 25.8. The zero-order valence-corrected chi connectivity index (χ0v) is 8.23. The molecule has 1 aliphatic heterocycles. The van der Waals surface area contributed by atoms with Crippen molar-refractivity contribution in [2.24, 2.45) is 5.92 Å². The molecule has 3 nitrogen and oxygen atoms in total. The van der Waals surface area contributed by atoms with Crippen LogP contribution in [0.25, 0.3) is 0 Å². The molecule has 2 unspecified atom stereocenters. The Morgan fingerprint density at radius 1 is 1.50 bits per heavy atom. The Morgan fingerprint density at radius 2 is 2.29 bits per heavy atom. The van der Waals surface area contributed by atoms with Gasteiger partial charge in [-0.15, -0.1) is 0 Å². The van der Waals surface area contributed by atoms with E-state index in [2.05, 4.69) is 5.32 Å². The third kappa shape index (κ3) is 1.61. The predicted octanol–water partition coefficient (Wildman–Crippen LogP) is 1.30. The standard InChI is InChI=1S/C11H15NO2/c1-14-7-8-6-12-11(8)9-4-2-3-5-10(9)13/h2-5,8,11-13H,6-7H2,1H3. The smallest absolute Gasteiger partial charge is 0.120 e. The monoisotopic (exact) mass is 193 g/mol. The average molecular weight is 193 g/mol. The molecule has 2 atom stereocenters. The molecular weight excluding hydrogens is 178 g/mol. The lowest BCUT2D eigenvalue weighted by molar-refractivity contribution is 0.0873. The molecular formula is C11H15NO2.